The van der Waals surface area contributed by atoms with Crippen LogP contribution >= 0.6 is 0 Å². The molecular weight excluding hydrogens is 188 g/mol. The molecule has 2 aromatic heterocycles. The average molecular weight is 202 g/mol. The molecule has 0 fully saturated rings. The third-order valence-corrected chi connectivity index (χ3v) is 2.35. The lowest BCUT2D eigenvalue weighted by atomic mass is 10.1. The van der Waals surface area contributed by atoms with E-state index >= 15 is 0 Å². The van der Waals surface area contributed by atoms with Crippen LogP contribution in [0.1, 0.15) is 23.1 Å². The molecule has 4 nitrogen and oxygen atoms in total. The Balaban J connectivity index is 2.31. The zero-order chi connectivity index (χ0) is 10.7. The first-order valence-corrected chi connectivity index (χ1v) is 4.90. The highest BCUT2D eigenvalue weighted by Gasteiger charge is 2.13. The zero-order valence-electron chi connectivity index (χ0n) is 8.86. The van der Waals surface area contributed by atoms with Gasteiger partial charge in [0.25, 0.3) is 0 Å². The summed E-state index contributed by atoms with van der Waals surface area (Å²) in [5.41, 5.74) is 2.13. The topological polar surface area (TPSA) is 53.6 Å². The summed E-state index contributed by atoms with van der Waals surface area (Å²) in [6.45, 7) is 1.98. The van der Waals surface area contributed by atoms with Crippen molar-refractivity contribution in [3.8, 4) is 0 Å². The Labute approximate surface area is 88.8 Å². The zero-order valence-corrected chi connectivity index (χ0v) is 8.86. The Hall–Kier alpha value is -1.68. The van der Waals surface area contributed by atoms with E-state index in [1.54, 1.807) is 6.20 Å². The number of imidazole rings is 1. The van der Waals surface area contributed by atoms with E-state index in [0.717, 1.165) is 17.1 Å². The number of hydrogen-bond donors (Lipinski definition) is 2. The normalized spacial score (nSPS) is 12.7. The van der Waals surface area contributed by atoms with Crippen molar-refractivity contribution in [3.05, 3.63) is 47.8 Å². The maximum absolute atomic E-state index is 4.28. The van der Waals surface area contributed by atoms with Crippen LogP contribution in [0.3, 0.4) is 0 Å². The number of rotatable bonds is 3. The van der Waals surface area contributed by atoms with Crippen LogP contribution in [0.15, 0.2) is 30.7 Å². The third kappa shape index (κ3) is 2.05. The number of nitrogens with one attached hydrogen (secondary N) is 2. The molecule has 1 unspecified atom stereocenters. The van der Waals surface area contributed by atoms with Crippen molar-refractivity contribution in [2.24, 2.45) is 0 Å². The highest BCUT2D eigenvalue weighted by molar-refractivity contribution is 5.22. The van der Waals surface area contributed by atoms with Crippen LogP contribution in [0.25, 0.3) is 0 Å². The van der Waals surface area contributed by atoms with E-state index in [1.165, 1.54) is 0 Å². The van der Waals surface area contributed by atoms with Gasteiger partial charge in [-0.05, 0) is 25.6 Å². The number of aromatic amines is 1. The van der Waals surface area contributed by atoms with Gasteiger partial charge in [0, 0.05) is 24.3 Å². The molecule has 0 aliphatic rings. The standard InChI is InChI=1S/C11H14N4/c1-8-3-4-9(7-15-8)10(12-2)11-13-5-6-14-11/h3-7,10,12H,1-2H3,(H,13,14). The number of hydrogen-bond acceptors (Lipinski definition) is 3. The first-order chi connectivity index (χ1) is 7.31. The SMILES string of the molecule is CNC(c1ccc(C)nc1)c1ncc[nH]1. The smallest absolute Gasteiger partial charge is 0.127 e. The van der Waals surface area contributed by atoms with E-state index in [9.17, 15) is 0 Å². The molecule has 0 saturated carbocycles. The summed E-state index contributed by atoms with van der Waals surface area (Å²) in [5.74, 6) is 0.906. The first-order valence-electron chi connectivity index (χ1n) is 4.90. The van der Waals surface area contributed by atoms with Crippen LogP contribution in [0.5, 0.6) is 0 Å². The van der Waals surface area contributed by atoms with Crippen molar-refractivity contribution >= 4 is 0 Å². The summed E-state index contributed by atoms with van der Waals surface area (Å²) in [6.07, 6.45) is 5.45. The second kappa shape index (κ2) is 4.23. The molecule has 2 rings (SSSR count). The molecule has 0 amide bonds. The lowest BCUT2D eigenvalue weighted by Gasteiger charge is -2.13. The lowest BCUT2D eigenvalue weighted by molar-refractivity contribution is 0.652. The minimum absolute atomic E-state index is 0.0769. The second-order valence-electron chi connectivity index (χ2n) is 3.43. The van der Waals surface area contributed by atoms with Crippen molar-refractivity contribution in [2.75, 3.05) is 7.05 Å². The molecule has 0 radical (unpaired) electrons. The Morgan fingerprint density at radius 2 is 2.20 bits per heavy atom. The second-order valence-corrected chi connectivity index (χ2v) is 3.43. The Bertz CT molecular complexity index is 405. The molecule has 15 heavy (non-hydrogen) atoms. The van der Waals surface area contributed by atoms with Gasteiger partial charge >= 0.3 is 0 Å². The van der Waals surface area contributed by atoms with Crippen molar-refractivity contribution in [1.82, 2.24) is 20.3 Å². The van der Waals surface area contributed by atoms with Gasteiger partial charge in [-0.3, -0.25) is 4.98 Å². The molecule has 2 N–H and O–H groups in total. The summed E-state index contributed by atoms with van der Waals surface area (Å²) in [6, 6.07) is 4.14. The van der Waals surface area contributed by atoms with Gasteiger partial charge < -0.3 is 10.3 Å². The molecular formula is C11H14N4. The van der Waals surface area contributed by atoms with Gasteiger partial charge in [-0.1, -0.05) is 6.07 Å². The molecule has 2 heterocycles. The van der Waals surface area contributed by atoms with Crippen molar-refractivity contribution in [1.29, 1.82) is 0 Å². The van der Waals surface area contributed by atoms with Gasteiger partial charge in [-0.15, -0.1) is 0 Å². The molecule has 0 saturated heterocycles. The Morgan fingerprint density at radius 3 is 2.73 bits per heavy atom. The lowest BCUT2D eigenvalue weighted by Crippen LogP contribution is -2.19. The van der Waals surface area contributed by atoms with Crippen molar-refractivity contribution < 1.29 is 0 Å². The summed E-state index contributed by atoms with van der Waals surface area (Å²) < 4.78 is 0. The van der Waals surface area contributed by atoms with Crippen LogP contribution in [-0.2, 0) is 0 Å². The van der Waals surface area contributed by atoms with E-state index < -0.39 is 0 Å². The third-order valence-electron chi connectivity index (χ3n) is 2.35. The maximum atomic E-state index is 4.28. The van der Waals surface area contributed by atoms with Crippen LogP contribution in [0.2, 0.25) is 0 Å². The van der Waals surface area contributed by atoms with E-state index in [0.29, 0.717) is 0 Å². The minimum atomic E-state index is 0.0769. The number of pyridine rings is 1. The predicted octanol–water partition coefficient (Wildman–Crippen LogP) is 1.42. The first kappa shape index (κ1) is 9.86. The van der Waals surface area contributed by atoms with Gasteiger partial charge in [0.05, 0.1) is 6.04 Å². The summed E-state index contributed by atoms with van der Waals surface area (Å²) in [5, 5.41) is 3.21. The van der Waals surface area contributed by atoms with Gasteiger partial charge in [0.1, 0.15) is 5.82 Å². The van der Waals surface area contributed by atoms with Crippen LogP contribution < -0.4 is 5.32 Å². The van der Waals surface area contributed by atoms with Crippen LogP contribution in [-0.4, -0.2) is 22.0 Å². The summed E-state index contributed by atoms with van der Waals surface area (Å²) in [4.78, 5) is 11.6. The molecule has 4 heteroatoms. The Morgan fingerprint density at radius 1 is 1.33 bits per heavy atom. The monoisotopic (exact) mass is 202 g/mol. The quantitative estimate of drug-likeness (QED) is 0.791. The minimum Gasteiger partial charge on any atom is -0.347 e. The van der Waals surface area contributed by atoms with Gasteiger partial charge in [-0.25, -0.2) is 4.98 Å². The van der Waals surface area contributed by atoms with Gasteiger partial charge in [0.2, 0.25) is 0 Å². The number of nitrogens with zero attached hydrogens (tertiary/aromatic N) is 2. The maximum Gasteiger partial charge on any atom is 0.127 e. The summed E-state index contributed by atoms with van der Waals surface area (Å²) >= 11 is 0. The Kier molecular flexibility index (Phi) is 2.78. The van der Waals surface area contributed by atoms with Crippen LogP contribution in [0, 0.1) is 6.92 Å². The molecule has 2 aromatic rings. The van der Waals surface area contributed by atoms with Crippen molar-refractivity contribution in [2.45, 2.75) is 13.0 Å². The fourth-order valence-corrected chi connectivity index (χ4v) is 1.55. The van der Waals surface area contributed by atoms with Crippen molar-refractivity contribution in [3.63, 3.8) is 0 Å². The highest BCUT2D eigenvalue weighted by atomic mass is 15.0. The fraction of sp³-hybridized carbons (Fsp3) is 0.273. The summed E-state index contributed by atoms with van der Waals surface area (Å²) in [7, 11) is 1.91. The molecule has 78 valence electrons. The van der Waals surface area contributed by atoms with Gasteiger partial charge in [-0.2, -0.15) is 0 Å². The molecule has 1 atom stereocenters. The largest absolute Gasteiger partial charge is 0.347 e. The molecule has 0 aliphatic carbocycles. The predicted molar refractivity (Wildman–Crippen MR) is 58.5 cm³/mol. The average Bonchev–Trinajstić information content (AvgIpc) is 2.75. The fourth-order valence-electron chi connectivity index (χ4n) is 1.55. The van der Waals surface area contributed by atoms with Crippen LogP contribution in [0.4, 0.5) is 0 Å². The molecule has 0 bridgehead atoms. The highest BCUT2D eigenvalue weighted by Crippen LogP contribution is 2.17. The number of aryl methyl sites for hydroxylation is 1. The molecule has 0 aliphatic heterocycles. The van der Waals surface area contributed by atoms with Gasteiger partial charge in [0.15, 0.2) is 0 Å². The van der Waals surface area contributed by atoms with E-state index in [-0.39, 0.29) is 6.04 Å². The molecule has 0 aromatic carbocycles. The number of aromatic nitrogens is 3. The number of H-pyrrole nitrogens is 1. The van der Waals surface area contributed by atoms with E-state index in [4.69, 9.17) is 0 Å². The van der Waals surface area contributed by atoms with E-state index in [2.05, 4.69) is 26.3 Å². The van der Waals surface area contributed by atoms with E-state index in [1.807, 2.05) is 32.4 Å². The molecule has 0 spiro atoms.